The summed E-state index contributed by atoms with van der Waals surface area (Å²) < 4.78 is 18.9. The van der Waals surface area contributed by atoms with Gasteiger partial charge >= 0.3 is 0 Å². The van der Waals surface area contributed by atoms with Crippen LogP contribution in [0.15, 0.2) is 47.0 Å². The molecule has 0 saturated carbocycles. The third kappa shape index (κ3) is 4.91. The van der Waals surface area contributed by atoms with Crippen LogP contribution in [0.25, 0.3) is 11.4 Å². The van der Waals surface area contributed by atoms with Crippen LogP contribution in [0.4, 0.5) is 10.1 Å². The zero-order valence-electron chi connectivity index (χ0n) is 17.2. The molecule has 30 heavy (non-hydrogen) atoms. The minimum atomic E-state index is -0.336. The largest absolute Gasteiger partial charge is 0.339 e. The van der Waals surface area contributed by atoms with E-state index in [0.717, 1.165) is 36.2 Å². The molecule has 6 nitrogen and oxygen atoms in total. The number of amides is 1. The molecule has 0 aliphatic carbocycles. The van der Waals surface area contributed by atoms with E-state index in [1.807, 2.05) is 26.0 Å². The van der Waals surface area contributed by atoms with Gasteiger partial charge in [0.25, 0.3) is 0 Å². The Morgan fingerprint density at radius 1 is 1.23 bits per heavy atom. The standard InChI is InChI=1S/C23H25FN4O2/c1-15-9-16(2)11-20(10-15)25-21(29)14-28-8-4-6-18(13-28)23-26-22(27-30-23)17-5-3-7-19(24)12-17/h3,5,7,9-12,18H,4,6,8,13-14H2,1-2H3,(H,25,29). The number of anilines is 1. The predicted molar refractivity (Wildman–Crippen MR) is 113 cm³/mol. The van der Waals surface area contributed by atoms with E-state index < -0.39 is 0 Å². The van der Waals surface area contributed by atoms with Crippen LogP contribution in [0, 0.1) is 19.7 Å². The Hall–Kier alpha value is -3.06. The molecule has 1 atom stereocenters. The van der Waals surface area contributed by atoms with Crippen LogP contribution in [0.5, 0.6) is 0 Å². The molecule has 2 aromatic carbocycles. The molecule has 7 heteroatoms. The van der Waals surface area contributed by atoms with Crippen molar-refractivity contribution in [2.24, 2.45) is 0 Å². The van der Waals surface area contributed by atoms with E-state index in [9.17, 15) is 9.18 Å². The second-order valence-corrected chi connectivity index (χ2v) is 7.97. The number of likely N-dealkylation sites (tertiary alicyclic amines) is 1. The van der Waals surface area contributed by atoms with Crippen LogP contribution in [0.3, 0.4) is 0 Å². The van der Waals surface area contributed by atoms with Crippen molar-refractivity contribution < 1.29 is 13.7 Å². The molecule has 1 amide bonds. The molecule has 0 bridgehead atoms. The summed E-state index contributed by atoms with van der Waals surface area (Å²) in [5.74, 6) is 0.606. The fourth-order valence-corrected chi connectivity index (χ4v) is 4.00. The number of aryl methyl sites for hydroxylation is 2. The number of hydrogen-bond donors (Lipinski definition) is 1. The third-order valence-corrected chi connectivity index (χ3v) is 5.25. The molecule has 1 aliphatic rings. The lowest BCUT2D eigenvalue weighted by molar-refractivity contribution is -0.117. The molecule has 1 aliphatic heterocycles. The Morgan fingerprint density at radius 3 is 2.80 bits per heavy atom. The molecule has 0 radical (unpaired) electrons. The summed E-state index contributed by atoms with van der Waals surface area (Å²) in [4.78, 5) is 19.1. The van der Waals surface area contributed by atoms with Gasteiger partial charge in [0.15, 0.2) is 0 Å². The maximum Gasteiger partial charge on any atom is 0.238 e. The minimum absolute atomic E-state index is 0.0355. The van der Waals surface area contributed by atoms with Gasteiger partial charge in [0.05, 0.1) is 12.5 Å². The van der Waals surface area contributed by atoms with Gasteiger partial charge in [-0.25, -0.2) is 4.39 Å². The second-order valence-electron chi connectivity index (χ2n) is 7.97. The van der Waals surface area contributed by atoms with Crippen LogP contribution in [0.2, 0.25) is 0 Å². The van der Waals surface area contributed by atoms with Crippen molar-refractivity contribution in [3.8, 4) is 11.4 Å². The molecule has 156 valence electrons. The van der Waals surface area contributed by atoms with E-state index in [2.05, 4.69) is 26.4 Å². The quantitative estimate of drug-likeness (QED) is 0.681. The Labute approximate surface area is 175 Å². The van der Waals surface area contributed by atoms with Gasteiger partial charge in [0, 0.05) is 17.8 Å². The number of nitrogens with zero attached hydrogens (tertiary/aromatic N) is 3. The number of aromatic nitrogens is 2. The summed E-state index contributed by atoms with van der Waals surface area (Å²) in [7, 11) is 0. The molecule has 1 N–H and O–H groups in total. The molecule has 3 aromatic rings. The smallest absolute Gasteiger partial charge is 0.238 e. The first-order valence-electron chi connectivity index (χ1n) is 10.2. The first kappa shape index (κ1) is 20.2. The summed E-state index contributed by atoms with van der Waals surface area (Å²) >= 11 is 0. The maximum absolute atomic E-state index is 13.5. The highest BCUT2D eigenvalue weighted by Gasteiger charge is 2.27. The molecular weight excluding hydrogens is 383 g/mol. The SMILES string of the molecule is Cc1cc(C)cc(NC(=O)CN2CCCC(c3nc(-c4cccc(F)c4)no3)C2)c1. The van der Waals surface area contributed by atoms with Gasteiger partial charge < -0.3 is 9.84 Å². The summed E-state index contributed by atoms with van der Waals surface area (Å²) in [6, 6.07) is 12.2. The van der Waals surface area contributed by atoms with Gasteiger partial charge in [-0.1, -0.05) is 23.4 Å². The van der Waals surface area contributed by atoms with E-state index in [1.165, 1.54) is 12.1 Å². The lowest BCUT2D eigenvalue weighted by Gasteiger charge is -2.30. The van der Waals surface area contributed by atoms with Crippen LogP contribution in [-0.2, 0) is 4.79 Å². The zero-order chi connectivity index (χ0) is 21.1. The number of hydrogen-bond acceptors (Lipinski definition) is 5. The average Bonchev–Trinajstić information content (AvgIpc) is 3.17. The Morgan fingerprint density at radius 2 is 2.03 bits per heavy atom. The van der Waals surface area contributed by atoms with E-state index in [0.29, 0.717) is 30.4 Å². The first-order valence-corrected chi connectivity index (χ1v) is 10.2. The van der Waals surface area contributed by atoms with Crippen molar-refractivity contribution >= 4 is 11.6 Å². The van der Waals surface area contributed by atoms with E-state index >= 15 is 0 Å². The zero-order valence-corrected chi connectivity index (χ0v) is 17.2. The molecule has 1 unspecified atom stereocenters. The fraction of sp³-hybridized carbons (Fsp3) is 0.348. The maximum atomic E-state index is 13.5. The monoisotopic (exact) mass is 408 g/mol. The molecule has 4 rings (SSSR count). The number of halogens is 1. The van der Waals surface area contributed by atoms with E-state index in [4.69, 9.17) is 4.52 Å². The molecule has 1 fully saturated rings. The highest BCUT2D eigenvalue weighted by molar-refractivity contribution is 5.92. The normalized spacial score (nSPS) is 17.1. The van der Waals surface area contributed by atoms with Gasteiger partial charge in [0.2, 0.25) is 17.6 Å². The van der Waals surface area contributed by atoms with Crippen molar-refractivity contribution in [1.82, 2.24) is 15.0 Å². The number of nitrogens with one attached hydrogen (secondary N) is 1. The summed E-state index contributed by atoms with van der Waals surface area (Å²) in [5.41, 5.74) is 3.65. The number of carbonyl (C=O) groups excluding carboxylic acids is 1. The predicted octanol–water partition coefficient (Wildman–Crippen LogP) is 4.31. The van der Waals surface area contributed by atoms with Crippen LogP contribution >= 0.6 is 0 Å². The topological polar surface area (TPSA) is 71.3 Å². The van der Waals surface area contributed by atoms with Crippen LogP contribution in [-0.4, -0.2) is 40.6 Å². The average molecular weight is 408 g/mol. The van der Waals surface area contributed by atoms with Gasteiger partial charge in [-0.2, -0.15) is 4.98 Å². The van der Waals surface area contributed by atoms with Crippen molar-refractivity contribution in [1.29, 1.82) is 0 Å². The highest BCUT2D eigenvalue weighted by Crippen LogP contribution is 2.27. The van der Waals surface area contributed by atoms with Gasteiger partial charge in [0.1, 0.15) is 5.82 Å². The molecule has 1 aromatic heterocycles. The van der Waals surface area contributed by atoms with Crippen LogP contribution in [0.1, 0.15) is 35.8 Å². The van der Waals surface area contributed by atoms with E-state index in [1.54, 1.807) is 12.1 Å². The Balaban J connectivity index is 1.38. The lowest BCUT2D eigenvalue weighted by atomic mass is 9.98. The summed E-state index contributed by atoms with van der Waals surface area (Å²) in [5, 5.41) is 7.00. The minimum Gasteiger partial charge on any atom is -0.339 e. The van der Waals surface area contributed by atoms with Gasteiger partial charge in [-0.3, -0.25) is 9.69 Å². The fourth-order valence-electron chi connectivity index (χ4n) is 4.00. The molecule has 2 heterocycles. The second kappa shape index (κ2) is 8.75. The highest BCUT2D eigenvalue weighted by atomic mass is 19.1. The Kier molecular flexibility index (Phi) is 5.90. The first-order chi connectivity index (χ1) is 14.5. The number of carbonyl (C=O) groups is 1. The van der Waals surface area contributed by atoms with Gasteiger partial charge in [-0.15, -0.1) is 0 Å². The molecular formula is C23H25FN4O2. The number of benzene rings is 2. The van der Waals surface area contributed by atoms with Crippen LogP contribution < -0.4 is 5.32 Å². The van der Waals surface area contributed by atoms with Gasteiger partial charge in [-0.05, 0) is 68.6 Å². The third-order valence-electron chi connectivity index (χ3n) is 5.25. The van der Waals surface area contributed by atoms with E-state index in [-0.39, 0.29) is 17.6 Å². The van der Waals surface area contributed by atoms with Crippen molar-refractivity contribution in [3.63, 3.8) is 0 Å². The number of piperidine rings is 1. The Bertz CT molecular complexity index is 1030. The van der Waals surface area contributed by atoms with Crippen molar-refractivity contribution in [2.45, 2.75) is 32.6 Å². The van der Waals surface area contributed by atoms with Crippen molar-refractivity contribution in [3.05, 3.63) is 65.3 Å². The van der Waals surface area contributed by atoms with Crippen molar-refractivity contribution in [2.75, 3.05) is 25.0 Å². The lowest BCUT2D eigenvalue weighted by Crippen LogP contribution is -2.39. The molecule has 1 saturated heterocycles. The summed E-state index contributed by atoms with van der Waals surface area (Å²) in [6.45, 7) is 5.86. The number of rotatable bonds is 5. The summed E-state index contributed by atoms with van der Waals surface area (Å²) in [6.07, 6.45) is 1.86. The molecule has 0 spiro atoms.